The van der Waals surface area contributed by atoms with Crippen molar-refractivity contribution in [3.63, 3.8) is 0 Å². The number of nitrogens with zero attached hydrogens (tertiary/aromatic N) is 1. The number of unbranched alkanes of at least 4 members (excludes halogenated alkanes) is 1. The zero-order valence-corrected chi connectivity index (χ0v) is 19.0. The molecule has 0 aliphatic carbocycles. The highest BCUT2D eigenvalue weighted by Gasteiger charge is 2.32. The molecule has 5 nitrogen and oxygen atoms in total. The van der Waals surface area contributed by atoms with Gasteiger partial charge in [-0.15, -0.1) is 0 Å². The normalized spacial score (nSPS) is 11.2. The van der Waals surface area contributed by atoms with E-state index in [1.54, 1.807) is 30.3 Å². The molecule has 0 bridgehead atoms. The van der Waals surface area contributed by atoms with E-state index in [9.17, 15) is 13.2 Å². The van der Waals surface area contributed by atoms with E-state index in [1.807, 2.05) is 12.1 Å². The van der Waals surface area contributed by atoms with E-state index in [-0.39, 0.29) is 16.1 Å². The number of ether oxygens (including phenoxy) is 1. The van der Waals surface area contributed by atoms with Gasteiger partial charge in [0, 0.05) is 10.6 Å². The Morgan fingerprint density at radius 3 is 2.29 bits per heavy atom. The average Bonchev–Trinajstić information content (AvgIpc) is 2.78. The number of amides is 1. The van der Waals surface area contributed by atoms with Crippen LogP contribution >= 0.6 is 11.6 Å². The van der Waals surface area contributed by atoms with Gasteiger partial charge in [-0.05, 0) is 73.0 Å². The minimum atomic E-state index is -4.18. The molecule has 0 atom stereocenters. The predicted octanol–water partition coefficient (Wildman–Crippen LogP) is 5.73. The summed E-state index contributed by atoms with van der Waals surface area (Å²) in [6.45, 7) is 2.11. The number of halogens is 1. The molecule has 3 aromatic rings. The monoisotopic (exact) mass is 457 g/mol. The lowest BCUT2D eigenvalue weighted by atomic mass is 10.1. The highest BCUT2D eigenvalue weighted by Crippen LogP contribution is 2.28. The summed E-state index contributed by atoms with van der Waals surface area (Å²) in [5.41, 5.74) is 1.55. The fourth-order valence-electron chi connectivity index (χ4n) is 3.13. The first kappa shape index (κ1) is 22.8. The maximum absolute atomic E-state index is 13.5. The second-order valence-corrected chi connectivity index (χ2v) is 9.25. The highest BCUT2D eigenvalue weighted by molar-refractivity contribution is 7.93. The zero-order chi connectivity index (χ0) is 22.4. The number of hydrogen-bond donors (Lipinski definition) is 0. The van der Waals surface area contributed by atoms with Crippen LogP contribution in [-0.4, -0.2) is 21.4 Å². The Labute approximate surface area is 188 Å². The second kappa shape index (κ2) is 9.98. The molecule has 0 aromatic heterocycles. The molecule has 0 aliphatic rings. The quantitative estimate of drug-likeness (QED) is 0.433. The number of anilines is 1. The van der Waals surface area contributed by atoms with Gasteiger partial charge >= 0.3 is 0 Å². The van der Waals surface area contributed by atoms with Gasteiger partial charge in [0.15, 0.2) is 0 Å². The molecule has 0 unspecified atom stereocenters. The number of aryl methyl sites for hydroxylation is 1. The third-order valence-corrected chi connectivity index (χ3v) is 6.82. The van der Waals surface area contributed by atoms with E-state index in [2.05, 4.69) is 6.92 Å². The van der Waals surface area contributed by atoms with Crippen molar-refractivity contribution >= 4 is 33.2 Å². The summed E-state index contributed by atoms with van der Waals surface area (Å²) in [5, 5.41) is 0.407. The lowest BCUT2D eigenvalue weighted by molar-refractivity contribution is 0.100. The van der Waals surface area contributed by atoms with E-state index in [0.29, 0.717) is 10.8 Å². The van der Waals surface area contributed by atoms with Gasteiger partial charge in [0.1, 0.15) is 5.75 Å². The molecule has 0 saturated heterocycles. The van der Waals surface area contributed by atoms with Crippen LogP contribution in [0.15, 0.2) is 77.7 Å². The Kier molecular flexibility index (Phi) is 7.36. The number of rotatable bonds is 8. The SMILES string of the molecule is CCCCc1ccc(N(C(=O)c2cccc(OC)c2)S(=O)(=O)c2ccc(Cl)cc2)cc1. The summed E-state index contributed by atoms with van der Waals surface area (Å²) in [5.74, 6) is -0.209. The van der Waals surface area contributed by atoms with Crippen LogP contribution in [-0.2, 0) is 16.4 Å². The summed E-state index contributed by atoms with van der Waals surface area (Å²) < 4.78 is 33.0. The Morgan fingerprint density at radius 2 is 1.68 bits per heavy atom. The first-order valence-corrected chi connectivity index (χ1v) is 11.8. The third-order valence-electron chi connectivity index (χ3n) is 4.84. The molecule has 1 amide bonds. The van der Waals surface area contributed by atoms with Gasteiger partial charge in [0.05, 0.1) is 17.7 Å². The van der Waals surface area contributed by atoms with Crippen molar-refractivity contribution in [2.24, 2.45) is 0 Å². The lowest BCUT2D eigenvalue weighted by Crippen LogP contribution is -2.37. The molecule has 0 heterocycles. The number of carbonyl (C=O) groups is 1. The molecule has 0 N–H and O–H groups in total. The summed E-state index contributed by atoms with van der Waals surface area (Å²) in [6, 6.07) is 19.2. The van der Waals surface area contributed by atoms with E-state index in [0.717, 1.165) is 29.1 Å². The van der Waals surface area contributed by atoms with Crippen LogP contribution < -0.4 is 9.04 Å². The third kappa shape index (κ3) is 5.27. The van der Waals surface area contributed by atoms with Crippen molar-refractivity contribution in [3.8, 4) is 5.75 Å². The van der Waals surface area contributed by atoms with Gasteiger partial charge < -0.3 is 4.74 Å². The first-order valence-electron chi connectivity index (χ1n) is 9.95. The van der Waals surface area contributed by atoms with Gasteiger partial charge in [0.2, 0.25) is 0 Å². The number of carbonyl (C=O) groups excluding carboxylic acids is 1. The number of sulfonamides is 1. The smallest absolute Gasteiger partial charge is 0.272 e. The minimum Gasteiger partial charge on any atom is -0.497 e. The maximum atomic E-state index is 13.5. The molecule has 0 fully saturated rings. The Morgan fingerprint density at radius 1 is 1.00 bits per heavy atom. The predicted molar refractivity (Wildman–Crippen MR) is 123 cm³/mol. The van der Waals surface area contributed by atoms with Crippen molar-refractivity contribution in [1.29, 1.82) is 0 Å². The van der Waals surface area contributed by atoms with Crippen LogP contribution in [0.5, 0.6) is 5.75 Å². The summed E-state index contributed by atoms with van der Waals surface area (Å²) in [6.07, 6.45) is 2.99. The number of hydrogen-bond acceptors (Lipinski definition) is 4. The first-order chi connectivity index (χ1) is 14.9. The van der Waals surface area contributed by atoms with Gasteiger partial charge in [-0.1, -0.05) is 43.1 Å². The standard InChI is InChI=1S/C24H24ClNO4S/c1-3-4-6-18-9-13-21(14-10-18)26(24(27)19-7-5-8-22(17-19)30-2)31(28,29)23-15-11-20(25)12-16-23/h5,7-17H,3-4,6H2,1-2H3. The fraction of sp³-hybridized carbons (Fsp3) is 0.208. The van der Waals surface area contributed by atoms with Crippen molar-refractivity contribution in [3.05, 3.63) is 88.9 Å². The van der Waals surface area contributed by atoms with Crippen LogP contribution in [0.4, 0.5) is 5.69 Å². The van der Waals surface area contributed by atoms with Crippen LogP contribution in [0.3, 0.4) is 0 Å². The van der Waals surface area contributed by atoms with Crippen LogP contribution in [0.25, 0.3) is 0 Å². The largest absolute Gasteiger partial charge is 0.497 e. The molecule has 7 heteroatoms. The van der Waals surface area contributed by atoms with E-state index >= 15 is 0 Å². The molecular weight excluding hydrogens is 434 g/mol. The number of benzene rings is 3. The Hall–Kier alpha value is -2.83. The van der Waals surface area contributed by atoms with Crippen molar-refractivity contribution < 1.29 is 17.9 Å². The Bertz CT molecular complexity index is 1140. The zero-order valence-electron chi connectivity index (χ0n) is 17.4. The minimum absolute atomic E-state index is 0.0248. The molecule has 0 spiro atoms. The van der Waals surface area contributed by atoms with Crippen LogP contribution in [0.1, 0.15) is 35.7 Å². The molecule has 3 aromatic carbocycles. The fourth-order valence-corrected chi connectivity index (χ4v) is 4.67. The van der Waals surface area contributed by atoms with Crippen molar-refractivity contribution in [2.45, 2.75) is 31.1 Å². The average molecular weight is 458 g/mol. The molecule has 162 valence electrons. The highest BCUT2D eigenvalue weighted by atomic mass is 35.5. The molecule has 0 radical (unpaired) electrons. The molecule has 31 heavy (non-hydrogen) atoms. The van der Waals surface area contributed by atoms with Gasteiger partial charge in [0.25, 0.3) is 15.9 Å². The Balaban J connectivity index is 2.09. The van der Waals surface area contributed by atoms with E-state index < -0.39 is 15.9 Å². The van der Waals surface area contributed by atoms with Crippen LogP contribution in [0, 0.1) is 0 Å². The van der Waals surface area contributed by atoms with Gasteiger partial charge in [-0.2, -0.15) is 4.31 Å². The maximum Gasteiger partial charge on any atom is 0.272 e. The van der Waals surface area contributed by atoms with Gasteiger partial charge in [-0.25, -0.2) is 8.42 Å². The van der Waals surface area contributed by atoms with Gasteiger partial charge in [-0.3, -0.25) is 4.79 Å². The summed E-state index contributed by atoms with van der Waals surface area (Å²) in [7, 11) is -2.70. The van der Waals surface area contributed by atoms with Crippen LogP contribution in [0.2, 0.25) is 5.02 Å². The molecule has 0 aliphatic heterocycles. The summed E-state index contributed by atoms with van der Waals surface area (Å²) in [4.78, 5) is 13.4. The van der Waals surface area contributed by atoms with Crippen molar-refractivity contribution in [1.82, 2.24) is 0 Å². The summed E-state index contributed by atoms with van der Waals surface area (Å²) >= 11 is 5.92. The second-order valence-electron chi connectivity index (χ2n) is 7.03. The van der Waals surface area contributed by atoms with Crippen molar-refractivity contribution in [2.75, 3.05) is 11.4 Å². The van der Waals surface area contributed by atoms with E-state index in [1.165, 1.54) is 37.4 Å². The molecular formula is C24H24ClNO4S. The lowest BCUT2D eigenvalue weighted by Gasteiger charge is -2.23. The topological polar surface area (TPSA) is 63.7 Å². The molecule has 0 saturated carbocycles. The van der Waals surface area contributed by atoms with E-state index in [4.69, 9.17) is 16.3 Å². The molecule has 3 rings (SSSR count). The number of methoxy groups -OCH3 is 1.